The Morgan fingerprint density at radius 2 is 2.10 bits per heavy atom. The normalized spacial score (nSPS) is 28.8. The quantitative estimate of drug-likeness (QED) is 0.847. The second kappa shape index (κ2) is 6.02. The van der Waals surface area contributed by atoms with E-state index in [2.05, 4.69) is 39.1 Å². The fraction of sp³-hybridized carbons (Fsp3) is 0.778. The third-order valence-corrected chi connectivity index (χ3v) is 6.67. The van der Waals surface area contributed by atoms with Crippen molar-refractivity contribution in [3.63, 3.8) is 0 Å². The van der Waals surface area contributed by atoms with Gasteiger partial charge in [-0.25, -0.2) is 0 Å². The maximum absolute atomic E-state index is 6.02. The van der Waals surface area contributed by atoms with E-state index < -0.39 is 0 Å². The van der Waals surface area contributed by atoms with Crippen LogP contribution in [0, 0.1) is 19.3 Å². The van der Waals surface area contributed by atoms with Crippen molar-refractivity contribution in [1.29, 1.82) is 0 Å². The van der Waals surface area contributed by atoms with Crippen LogP contribution in [0.3, 0.4) is 0 Å². The van der Waals surface area contributed by atoms with E-state index >= 15 is 0 Å². The van der Waals surface area contributed by atoms with Crippen LogP contribution in [-0.2, 0) is 4.74 Å². The summed E-state index contributed by atoms with van der Waals surface area (Å²) in [6, 6.07) is 3.46. The van der Waals surface area contributed by atoms with E-state index in [4.69, 9.17) is 4.74 Å². The van der Waals surface area contributed by atoms with Crippen LogP contribution < -0.4 is 5.32 Å². The maximum atomic E-state index is 6.02. The first-order chi connectivity index (χ1) is 10.1. The van der Waals surface area contributed by atoms with Crippen LogP contribution >= 0.6 is 11.3 Å². The minimum Gasteiger partial charge on any atom is -0.378 e. The molecular weight excluding hydrogens is 278 g/mol. The molecule has 2 nitrogen and oxygen atoms in total. The fourth-order valence-electron chi connectivity index (χ4n) is 4.59. The average molecular weight is 308 g/mol. The molecule has 21 heavy (non-hydrogen) atoms. The van der Waals surface area contributed by atoms with Crippen LogP contribution in [0.25, 0.3) is 0 Å². The van der Waals surface area contributed by atoms with E-state index in [0.29, 0.717) is 23.6 Å². The number of aryl methyl sites for hydroxylation is 2. The molecule has 2 aliphatic rings. The maximum Gasteiger partial charge on any atom is 0.0661 e. The van der Waals surface area contributed by atoms with E-state index in [-0.39, 0.29) is 0 Å². The van der Waals surface area contributed by atoms with Crippen molar-refractivity contribution in [2.24, 2.45) is 5.41 Å². The lowest BCUT2D eigenvalue weighted by Crippen LogP contribution is -2.63. The molecule has 1 spiro atoms. The van der Waals surface area contributed by atoms with Crippen molar-refractivity contribution in [1.82, 2.24) is 5.32 Å². The van der Waals surface area contributed by atoms with Crippen LogP contribution in [-0.4, -0.2) is 18.8 Å². The smallest absolute Gasteiger partial charge is 0.0661 e. The van der Waals surface area contributed by atoms with Gasteiger partial charge >= 0.3 is 0 Å². The van der Waals surface area contributed by atoms with E-state index in [1.165, 1.54) is 47.4 Å². The molecule has 3 atom stereocenters. The summed E-state index contributed by atoms with van der Waals surface area (Å²) in [6.07, 6.45) is 7.16. The number of hydrogen-bond acceptors (Lipinski definition) is 3. The van der Waals surface area contributed by atoms with Crippen molar-refractivity contribution in [3.05, 3.63) is 21.4 Å². The monoisotopic (exact) mass is 307 g/mol. The summed E-state index contributed by atoms with van der Waals surface area (Å²) in [4.78, 5) is 2.89. The molecule has 1 N–H and O–H groups in total. The Morgan fingerprint density at radius 1 is 1.38 bits per heavy atom. The first-order valence-corrected chi connectivity index (χ1v) is 9.33. The van der Waals surface area contributed by atoms with Crippen LogP contribution in [0.2, 0.25) is 0 Å². The van der Waals surface area contributed by atoms with Crippen molar-refractivity contribution in [3.8, 4) is 0 Å². The molecule has 1 heterocycles. The molecular formula is C18H29NOS. The van der Waals surface area contributed by atoms with Gasteiger partial charge in [0.1, 0.15) is 0 Å². The summed E-state index contributed by atoms with van der Waals surface area (Å²) in [5.41, 5.74) is 1.92. The largest absolute Gasteiger partial charge is 0.378 e. The zero-order chi connectivity index (χ0) is 15.0. The van der Waals surface area contributed by atoms with E-state index in [0.717, 1.165) is 6.61 Å². The molecule has 1 aromatic rings. The van der Waals surface area contributed by atoms with Gasteiger partial charge in [0, 0.05) is 33.9 Å². The lowest BCUT2D eigenvalue weighted by Gasteiger charge is -2.55. The molecule has 3 rings (SSSR count). The molecule has 3 heteroatoms. The summed E-state index contributed by atoms with van der Waals surface area (Å²) in [5.74, 6) is 0. The minimum absolute atomic E-state index is 0.434. The summed E-state index contributed by atoms with van der Waals surface area (Å²) >= 11 is 1.92. The molecule has 0 saturated heterocycles. The van der Waals surface area contributed by atoms with Crippen molar-refractivity contribution < 1.29 is 4.74 Å². The molecule has 0 aliphatic heterocycles. The number of ether oxygens (including phenoxy) is 1. The molecule has 2 fully saturated rings. The van der Waals surface area contributed by atoms with E-state index in [1.807, 2.05) is 11.3 Å². The predicted molar refractivity (Wildman–Crippen MR) is 90.1 cm³/mol. The summed E-state index contributed by atoms with van der Waals surface area (Å²) in [5, 5.41) is 3.93. The number of hydrogen-bond donors (Lipinski definition) is 1. The Balaban J connectivity index is 1.69. The Kier molecular flexibility index (Phi) is 4.45. The number of nitrogens with one attached hydrogen (secondary N) is 1. The van der Waals surface area contributed by atoms with Crippen molar-refractivity contribution in [2.45, 2.75) is 78.0 Å². The lowest BCUT2D eigenvalue weighted by atomic mass is 9.60. The molecule has 0 bridgehead atoms. The fourth-order valence-corrected chi connectivity index (χ4v) is 5.61. The highest BCUT2D eigenvalue weighted by Gasteiger charge is 2.56. The van der Waals surface area contributed by atoms with Crippen molar-refractivity contribution >= 4 is 11.3 Å². The van der Waals surface area contributed by atoms with Crippen LogP contribution in [0.5, 0.6) is 0 Å². The van der Waals surface area contributed by atoms with Crippen LogP contribution in [0.4, 0.5) is 0 Å². The average Bonchev–Trinajstić information content (AvgIpc) is 3.06. The molecule has 0 amide bonds. The topological polar surface area (TPSA) is 21.3 Å². The molecule has 0 aromatic carbocycles. The first-order valence-electron chi connectivity index (χ1n) is 8.51. The molecule has 0 radical (unpaired) electrons. The highest BCUT2D eigenvalue weighted by atomic mass is 32.1. The van der Waals surface area contributed by atoms with Crippen molar-refractivity contribution in [2.75, 3.05) is 6.61 Å². The van der Waals surface area contributed by atoms with E-state index in [9.17, 15) is 0 Å². The summed E-state index contributed by atoms with van der Waals surface area (Å²) in [6.45, 7) is 9.77. The van der Waals surface area contributed by atoms with E-state index in [1.54, 1.807) is 0 Å². The number of rotatable bonds is 5. The highest BCUT2D eigenvalue weighted by Crippen LogP contribution is 2.55. The van der Waals surface area contributed by atoms with Gasteiger partial charge in [-0.15, -0.1) is 11.3 Å². The first kappa shape index (κ1) is 15.5. The third-order valence-electron chi connectivity index (χ3n) is 5.68. The molecule has 2 saturated carbocycles. The van der Waals surface area contributed by atoms with Gasteiger partial charge in [-0.2, -0.15) is 0 Å². The molecule has 2 aliphatic carbocycles. The summed E-state index contributed by atoms with van der Waals surface area (Å²) in [7, 11) is 0. The van der Waals surface area contributed by atoms with Gasteiger partial charge in [-0.05, 0) is 58.6 Å². The van der Waals surface area contributed by atoms with Crippen LogP contribution in [0.1, 0.15) is 67.3 Å². The van der Waals surface area contributed by atoms with Gasteiger partial charge in [-0.3, -0.25) is 0 Å². The SMILES string of the molecule is CCOC1CC(NC(C)c2cc(C)sc2C)C12CCCC2. The van der Waals surface area contributed by atoms with Gasteiger partial charge in [0.05, 0.1) is 6.10 Å². The number of thiophene rings is 1. The standard InChI is InChI=1S/C18H29NOS/c1-5-20-17-11-16(18(17)8-6-7-9-18)19-13(3)15-10-12(2)21-14(15)4/h10,13,16-17,19H,5-9,11H2,1-4H3. The van der Waals surface area contributed by atoms with Gasteiger partial charge in [0.15, 0.2) is 0 Å². The molecule has 1 aromatic heterocycles. The summed E-state index contributed by atoms with van der Waals surface area (Å²) < 4.78 is 6.02. The minimum atomic E-state index is 0.434. The molecule has 118 valence electrons. The van der Waals surface area contributed by atoms with Gasteiger partial charge in [-0.1, -0.05) is 12.8 Å². The lowest BCUT2D eigenvalue weighted by molar-refractivity contribution is -0.132. The zero-order valence-corrected chi connectivity index (χ0v) is 14.7. The Bertz CT molecular complexity index is 489. The Hall–Kier alpha value is -0.380. The Morgan fingerprint density at radius 3 is 2.67 bits per heavy atom. The molecule has 3 unspecified atom stereocenters. The second-order valence-corrected chi connectivity index (χ2v) is 8.39. The van der Waals surface area contributed by atoms with Gasteiger partial charge in [0.2, 0.25) is 0 Å². The third kappa shape index (κ3) is 2.69. The highest BCUT2D eigenvalue weighted by molar-refractivity contribution is 7.12. The van der Waals surface area contributed by atoms with Crippen LogP contribution in [0.15, 0.2) is 6.07 Å². The van der Waals surface area contributed by atoms with Gasteiger partial charge < -0.3 is 10.1 Å². The van der Waals surface area contributed by atoms with Gasteiger partial charge in [0.25, 0.3) is 0 Å². The Labute approximate surface area is 133 Å². The second-order valence-electron chi connectivity index (χ2n) is 6.93. The predicted octanol–water partition coefficient (Wildman–Crippen LogP) is 4.75. The zero-order valence-electron chi connectivity index (χ0n) is 13.9.